The number of hydrogen-bond donors (Lipinski definition) is 2. The summed E-state index contributed by atoms with van der Waals surface area (Å²) >= 11 is 0. The third kappa shape index (κ3) is 5.28. The van der Waals surface area contributed by atoms with Crippen molar-refractivity contribution in [2.24, 2.45) is 5.92 Å². The van der Waals surface area contributed by atoms with Crippen molar-refractivity contribution in [1.82, 2.24) is 10.2 Å². The second-order valence-corrected chi connectivity index (χ2v) is 7.62. The zero-order valence-electron chi connectivity index (χ0n) is 17.3. The van der Waals surface area contributed by atoms with Gasteiger partial charge in [0.05, 0.1) is 7.11 Å². The minimum atomic E-state index is -0.303. The van der Waals surface area contributed by atoms with Crippen LogP contribution < -0.4 is 15.4 Å². The van der Waals surface area contributed by atoms with Gasteiger partial charge < -0.3 is 20.3 Å². The smallest absolute Gasteiger partial charge is 0.319 e. The van der Waals surface area contributed by atoms with E-state index in [2.05, 4.69) is 17.6 Å². The predicted octanol–water partition coefficient (Wildman–Crippen LogP) is 4.20. The van der Waals surface area contributed by atoms with Gasteiger partial charge in [0.1, 0.15) is 5.75 Å². The summed E-state index contributed by atoms with van der Waals surface area (Å²) in [6.45, 7) is 6.10. The molecule has 1 heterocycles. The van der Waals surface area contributed by atoms with Gasteiger partial charge in [0, 0.05) is 36.4 Å². The van der Waals surface area contributed by atoms with Crippen molar-refractivity contribution < 1.29 is 14.3 Å². The second-order valence-electron chi connectivity index (χ2n) is 7.62. The van der Waals surface area contributed by atoms with Gasteiger partial charge in [0.15, 0.2) is 0 Å². The third-order valence-electron chi connectivity index (χ3n) is 5.42. The summed E-state index contributed by atoms with van der Waals surface area (Å²) in [6.07, 6.45) is 2.10. The average molecular weight is 396 g/mol. The summed E-state index contributed by atoms with van der Waals surface area (Å²) in [5, 5.41) is 5.69. The number of amides is 3. The van der Waals surface area contributed by atoms with Crippen LogP contribution in [0, 0.1) is 12.8 Å². The van der Waals surface area contributed by atoms with Gasteiger partial charge in [-0.1, -0.05) is 25.1 Å². The molecule has 2 N–H and O–H groups in total. The lowest BCUT2D eigenvalue weighted by Gasteiger charge is -2.30. The number of para-hydroxylation sites is 1. The van der Waals surface area contributed by atoms with E-state index in [1.165, 1.54) is 0 Å². The standard InChI is InChI=1S/C23H29N3O3/c1-16-10-12-26(13-11-16)22(27)18-8-9-20(17(2)14-18)25-23(28)24-15-19-6-4-5-7-21(19)29-3/h4-9,14,16H,10-13,15H2,1-3H3,(H2,24,25,28). The predicted molar refractivity (Wildman–Crippen MR) is 114 cm³/mol. The zero-order valence-corrected chi connectivity index (χ0v) is 17.3. The Hall–Kier alpha value is -3.02. The number of anilines is 1. The van der Waals surface area contributed by atoms with E-state index in [9.17, 15) is 9.59 Å². The van der Waals surface area contributed by atoms with Crippen LogP contribution in [0.4, 0.5) is 10.5 Å². The quantitative estimate of drug-likeness (QED) is 0.797. The normalized spacial score (nSPS) is 14.4. The highest BCUT2D eigenvalue weighted by atomic mass is 16.5. The van der Waals surface area contributed by atoms with Crippen molar-refractivity contribution in [1.29, 1.82) is 0 Å². The molecule has 29 heavy (non-hydrogen) atoms. The fraction of sp³-hybridized carbons (Fsp3) is 0.391. The highest BCUT2D eigenvalue weighted by Crippen LogP contribution is 2.22. The van der Waals surface area contributed by atoms with Gasteiger partial charge in [-0.05, 0) is 55.5 Å². The number of nitrogens with one attached hydrogen (secondary N) is 2. The molecule has 6 nitrogen and oxygen atoms in total. The lowest BCUT2D eigenvalue weighted by atomic mass is 9.98. The molecule has 2 aromatic carbocycles. The molecule has 0 radical (unpaired) electrons. The number of nitrogens with zero attached hydrogens (tertiary/aromatic N) is 1. The average Bonchev–Trinajstić information content (AvgIpc) is 2.74. The number of hydrogen-bond acceptors (Lipinski definition) is 3. The van der Waals surface area contributed by atoms with E-state index in [0.29, 0.717) is 23.7 Å². The maximum absolute atomic E-state index is 12.7. The number of ether oxygens (including phenoxy) is 1. The summed E-state index contributed by atoms with van der Waals surface area (Å²) in [5.74, 6) is 1.48. The minimum Gasteiger partial charge on any atom is -0.496 e. The van der Waals surface area contributed by atoms with E-state index in [4.69, 9.17) is 4.74 Å². The van der Waals surface area contributed by atoms with Crippen molar-refractivity contribution >= 4 is 17.6 Å². The summed E-state index contributed by atoms with van der Waals surface area (Å²) in [7, 11) is 1.61. The minimum absolute atomic E-state index is 0.0622. The van der Waals surface area contributed by atoms with Gasteiger partial charge in [0.2, 0.25) is 0 Å². The Morgan fingerprint density at radius 3 is 2.55 bits per heavy atom. The van der Waals surface area contributed by atoms with Gasteiger partial charge in [-0.25, -0.2) is 4.79 Å². The third-order valence-corrected chi connectivity index (χ3v) is 5.42. The van der Waals surface area contributed by atoms with Crippen molar-refractivity contribution in [3.05, 3.63) is 59.2 Å². The number of carbonyl (C=O) groups is 2. The Morgan fingerprint density at radius 2 is 1.86 bits per heavy atom. The number of likely N-dealkylation sites (tertiary alicyclic amines) is 1. The number of methoxy groups -OCH3 is 1. The van der Waals surface area contributed by atoms with E-state index in [1.54, 1.807) is 19.2 Å². The molecule has 0 bridgehead atoms. The summed E-state index contributed by atoms with van der Waals surface area (Å²) in [6, 6.07) is 12.7. The molecule has 6 heteroatoms. The monoisotopic (exact) mass is 395 g/mol. The number of piperidine rings is 1. The first kappa shape index (κ1) is 20.7. The fourth-order valence-corrected chi connectivity index (χ4v) is 3.52. The highest BCUT2D eigenvalue weighted by molar-refractivity contribution is 5.96. The highest BCUT2D eigenvalue weighted by Gasteiger charge is 2.21. The van der Waals surface area contributed by atoms with Gasteiger partial charge in [-0.2, -0.15) is 0 Å². The van der Waals surface area contributed by atoms with Crippen molar-refractivity contribution in [3.63, 3.8) is 0 Å². The summed E-state index contributed by atoms with van der Waals surface area (Å²) < 4.78 is 5.30. The maximum atomic E-state index is 12.7. The molecule has 0 unspecified atom stereocenters. The Bertz CT molecular complexity index is 873. The second kappa shape index (κ2) is 9.45. The summed E-state index contributed by atoms with van der Waals surface area (Å²) in [5.41, 5.74) is 3.11. The Balaban J connectivity index is 1.58. The molecule has 3 amide bonds. The molecule has 0 aromatic heterocycles. The molecule has 2 aromatic rings. The Labute approximate surface area is 172 Å². The molecule has 0 atom stereocenters. The number of rotatable bonds is 5. The topological polar surface area (TPSA) is 70.7 Å². The van der Waals surface area contributed by atoms with Gasteiger partial charge in [0.25, 0.3) is 5.91 Å². The van der Waals surface area contributed by atoms with E-state index in [0.717, 1.165) is 42.8 Å². The van der Waals surface area contributed by atoms with Crippen LogP contribution in [0.25, 0.3) is 0 Å². The Kier molecular flexibility index (Phi) is 6.75. The van der Waals surface area contributed by atoms with Crippen molar-refractivity contribution in [3.8, 4) is 5.75 Å². The number of urea groups is 1. The molecule has 0 saturated carbocycles. The first-order chi connectivity index (χ1) is 14.0. The molecule has 1 fully saturated rings. The molecule has 0 aliphatic carbocycles. The van der Waals surface area contributed by atoms with E-state index < -0.39 is 0 Å². The van der Waals surface area contributed by atoms with Crippen LogP contribution in [-0.4, -0.2) is 37.0 Å². The molecule has 1 aliphatic heterocycles. The van der Waals surface area contributed by atoms with Crippen LogP contribution in [0.1, 0.15) is 41.3 Å². The van der Waals surface area contributed by atoms with Gasteiger partial charge in [-0.15, -0.1) is 0 Å². The van der Waals surface area contributed by atoms with Crippen LogP contribution in [-0.2, 0) is 6.54 Å². The SMILES string of the molecule is COc1ccccc1CNC(=O)Nc1ccc(C(=O)N2CCC(C)CC2)cc1C. The van der Waals surface area contributed by atoms with E-state index >= 15 is 0 Å². The van der Waals surface area contributed by atoms with E-state index in [-0.39, 0.29) is 11.9 Å². The molecule has 1 aliphatic rings. The van der Waals surface area contributed by atoms with Gasteiger partial charge >= 0.3 is 6.03 Å². The zero-order chi connectivity index (χ0) is 20.8. The first-order valence-electron chi connectivity index (χ1n) is 10.0. The van der Waals surface area contributed by atoms with Crippen LogP contribution in [0.2, 0.25) is 0 Å². The van der Waals surface area contributed by atoms with Crippen LogP contribution >= 0.6 is 0 Å². The molecule has 154 valence electrons. The summed E-state index contributed by atoms with van der Waals surface area (Å²) in [4.78, 5) is 26.9. The van der Waals surface area contributed by atoms with Crippen molar-refractivity contribution in [2.75, 3.05) is 25.5 Å². The van der Waals surface area contributed by atoms with Crippen molar-refractivity contribution in [2.45, 2.75) is 33.2 Å². The number of aryl methyl sites for hydroxylation is 1. The lowest BCUT2D eigenvalue weighted by Crippen LogP contribution is -2.37. The lowest BCUT2D eigenvalue weighted by molar-refractivity contribution is 0.0697. The largest absolute Gasteiger partial charge is 0.496 e. The maximum Gasteiger partial charge on any atom is 0.319 e. The van der Waals surface area contributed by atoms with Crippen LogP contribution in [0.15, 0.2) is 42.5 Å². The number of benzene rings is 2. The molecular weight excluding hydrogens is 366 g/mol. The van der Waals surface area contributed by atoms with E-state index in [1.807, 2.05) is 42.2 Å². The Morgan fingerprint density at radius 1 is 1.14 bits per heavy atom. The molecule has 3 rings (SSSR count). The number of carbonyl (C=O) groups excluding carboxylic acids is 2. The molecule has 1 saturated heterocycles. The van der Waals surface area contributed by atoms with Crippen LogP contribution in [0.5, 0.6) is 5.75 Å². The van der Waals surface area contributed by atoms with Crippen LogP contribution in [0.3, 0.4) is 0 Å². The first-order valence-corrected chi connectivity index (χ1v) is 10.0. The molecular formula is C23H29N3O3. The molecule has 0 spiro atoms. The fourth-order valence-electron chi connectivity index (χ4n) is 3.52. The van der Waals surface area contributed by atoms with Gasteiger partial charge in [-0.3, -0.25) is 4.79 Å².